The quantitative estimate of drug-likeness (QED) is 0.162. The molecule has 0 amide bonds. The number of ether oxygens (including phenoxy) is 3. The lowest BCUT2D eigenvalue weighted by Gasteiger charge is -2.27. The van der Waals surface area contributed by atoms with Gasteiger partial charge in [-0.1, -0.05) is 35.9 Å². The van der Waals surface area contributed by atoms with Gasteiger partial charge in [-0.15, -0.1) is 0 Å². The number of rotatable bonds is 5. The number of nitrogens with two attached hydrogens (primary N) is 1. The van der Waals surface area contributed by atoms with E-state index in [2.05, 4.69) is 4.74 Å². The summed E-state index contributed by atoms with van der Waals surface area (Å²) in [5.41, 5.74) is 7.07. The number of hydrogen-bond acceptors (Lipinski definition) is 6. The van der Waals surface area contributed by atoms with Gasteiger partial charge in [-0.3, -0.25) is 0 Å². The fourth-order valence-corrected chi connectivity index (χ4v) is 3.78. The van der Waals surface area contributed by atoms with Gasteiger partial charge in [0, 0.05) is 16.7 Å². The molecule has 1 unspecified atom stereocenters. The van der Waals surface area contributed by atoms with Gasteiger partial charge >= 0.3 is 5.97 Å². The molecule has 0 saturated carbocycles. The second-order valence-electron chi connectivity index (χ2n) is 7.31. The van der Waals surface area contributed by atoms with Crippen molar-refractivity contribution in [3.63, 3.8) is 0 Å². The number of halogens is 6. The third-order valence-electron chi connectivity index (χ3n) is 5.14. The van der Waals surface area contributed by atoms with E-state index < -0.39 is 53.3 Å². The lowest BCUT2D eigenvalue weighted by atomic mass is 9.83. The first kappa shape index (κ1) is 24.8. The van der Waals surface area contributed by atoms with E-state index in [4.69, 9.17) is 26.8 Å². The minimum Gasteiger partial charge on any atom is -0.476 e. The van der Waals surface area contributed by atoms with Gasteiger partial charge in [0.2, 0.25) is 35.0 Å². The summed E-state index contributed by atoms with van der Waals surface area (Å²) < 4.78 is 82.1. The van der Waals surface area contributed by atoms with Crippen LogP contribution in [0.5, 0.6) is 17.2 Å². The highest BCUT2D eigenvalue weighted by molar-refractivity contribution is 6.31. The first-order valence-corrected chi connectivity index (χ1v) is 10.3. The van der Waals surface area contributed by atoms with Crippen LogP contribution in [-0.4, -0.2) is 12.6 Å². The Morgan fingerprint density at radius 2 is 1.64 bits per heavy atom. The fraction of sp³-hybridized carbons (Fsp3) is 0.0833. The van der Waals surface area contributed by atoms with Gasteiger partial charge in [-0.05, 0) is 17.7 Å². The van der Waals surface area contributed by atoms with Crippen LogP contribution in [0.3, 0.4) is 0 Å². The average Bonchev–Trinajstić information content (AvgIpc) is 2.86. The summed E-state index contributed by atoms with van der Waals surface area (Å²) in [6, 6.07) is 12.9. The molecule has 36 heavy (non-hydrogen) atoms. The minimum atomic E-state index is -2.36. The summed E-state index contributed by atoms with van der Waals surface area (Å²) in [6.45, 7) is -1.18. The molecule has 4 rings (SSSR count). The van der Waals surface area contributed by atoms with Crippen molar-refractivity contribution in [1.29, 1.82) is 5.26 Å². The lowest BCUT2D eigenvalue weighted by Crippen LogP contribution is -2.22. The van der Waals surface area contributed by atoms with E-state index in [0.29, 0.717) is 16.1 Å². The molecule has 1 heterocycles. The van der Waals surface area contributed by atoms with Crippen LogP contribution in [0.1, 0.15) is 17.0 Å². The maximum absolute atomic E-state index is 13.7. The maximum Gasteiger partial charge on any atom is 0.349 e. The molecule has 3 aromatic carbocycles. The van der Waals surface area contributed by atoms with Gasteiger partial charge < -0.3 is 19.9 Å². The summed E-state index contributed by atoms with van der Waals surface area (Å²) >= 11 is 6.31. The zero-order chi connectivity index (χ0) is 26.1. The lowest BCUT2D eigenvalue weighted by molar-refractivity contribution is -0.136. The van der Waals surface area contributed by atoms with E-state index >= 15 is 0 Å². The first-order chi connectivity index (χ1) is 17.1. The summed E-state index contributed by atoms with van der Waals surface area (Å²) in [4.78, 5) is 12.1. The van der Waals surface area contributed by atoms with Crippen molar-refractivity contribution in [2.75, 3.05) is 6.61 Å². The number of nitrogens with zero attached hydrogens (tertiary/aromatic N) is 1. The fourth-order valence-electron chi connectivity index (χ4n) is 3.53. The highest BCUT2D eigenvalue weighted by Gasteiger charge is 2.32. The topological polar surface area (TPSA) is 94.6 Å². The Hall–Kier alpha value is -4.30. The number of benzene rings is 3. The molecule has 6 nitrogen and oxygen atoms in total. The third-order valence-corrected chi connectivity index (χ3v) is 5.49. The van der Waals surface area contributed by atoms with E-state index in [-0.39, 0.29) is 23.0 Å². The molecule has 12 heteroatoms. The van der Waals surface area contributed by atoms with E-state index in [0.717, 1.165) is 0 Å². The smallest absolute Gasteiger partial charge is 0.349 e. The van der Waals surface area contributed by atoms with Crippen LogP contribution in [0, 0.1) is 40.4 Å². The van der Waals surface area contributed by atoms with Crippen molar-refractivity contribution in [3.8, 4) is 23.3 Å². The van der Waals surface area contributed by atoms with E-state index in [1.54, 1.807) is 24.3 Å². The van der Waals surface area contributed by atoms with Crippen LogP contribution in [-0.2, 0) is 4.79 Å². The van der Waals surface area contributed by atoms with E-state index in [1.165, 1.54) is 18.2 Å². The van der Waals surface area contributed by atoms with Crippen molar-refractivity contribution in [1.82, 2.24) is 0 Å². The summed E-state index contributed by atoms with van der Waals surface area (Å²) in [5, 5.41) is 9.98. The van der Waals surface area contributed by atoms with Gasteiger partial charge in [0.15, 0.2) is 12.4 Å². The summed E-state index contributed by atoms with van der Waals surface area (Å²) in [7, 11) is 0. The Bertz CT molecular complexity index is 1440. The van der Waals surface area contributed by atoms with Gasteiger partial charge in [0.25, 0.3) is 0 Å². The molecular weight excluding hydrogens is 511 g/mol. The molecule has 2 N–H and O–H groups in total. The highest BCUT2D eigenvalue weighted by atomic mass is 35.5. The molecule has 0 saturated heterocycles. The van der Waals surface area contributed by atoms with Crippen molar-refractivity contribution in [2.24, 2.45) is 5.73 Å². The maximum atomic E-state index is 13.7. The molecule has 1 aliphatic rings. The molecule has 184 valence electrons. The third kappa shape index (κ3) is 4.38. The molecular formula is C24H12ClF5N2O4. The van der Waals surface area contributed by atoms with E-state index in [1.807, 2.05) is 6.07 Å². The second-order valence-corrected chi connectivity index (χ2v) is 7.71. The van der Waals surface area contributed by atoms with Crippen LogP contribution in [0.15, 0.2) is 53.9 Å². The summed E-state index contributed by atoms with van der Waals surface area (Å²) in [6.07, 6.45) is 0. The van der Waals surface area contributed by atoms with Crippen LogP contribution in [0.25, 0.3) is 0 Å². The van der Waals surface area contributed by atoms with Crippen LogP contribution >= 0.6 is 11.6 Å². The van der Waals surface area contributed by atoms with Crippen molar-refractivity contribution in [3.05, 3.63) is 99.2 Å². The van der Waals surface area contributed by atoms with Crippen LogP contribution in [0.4, 0.5) is 22.0 Å². The van der Waals surface area contributed by atoms with Gasteiger partial charge in [0.05, 0.1) is 5.92 Å². The molecule has 1 aliphatic heterocycles. The Morgan fingerprint density at radius 3 is 2.28 bits per heavy atom. The number of carbonyl (C=O) groups excluding carboxylic acids is 1. The number of esters is 1. The predicted molar refractivity (Wildman–Crippen MR) is 115 cm³/mol. The number of carbonyl (C=O) groups is 1. The van der Waals surface area contributed by atoms with Gasteiger partial charge in [-0.25, -0.2) is 18.0 Å². The second kappa shape index (κ2) is 9.75. The molecule has 0 bridgehead atoms. The highest BCUT2D eigenvalue weighted by Crippen LogP contribution is 2.45. The molecule has 0 aliphatic carbocycles. The average molecular weight is 523 g/mol. The van der Waals surface area contributed by atoms with Crippen LogP contribution < -0.4 is 19.9 Å². The standard InChI is InChI=1S/C24H12ClF5N2O4/c25-14-4-2-1-3-11(14)17-12-6-5-10(7-15(12)36-24(32)13(17)8-31)35-16(33)9-34-23-21(29)19(27)18(26)20(28)22(23)30/h1-7,17H,9,32H2. The molecule has 3 aromatic rings. The predicted octanol–water partition coefficient (Wildman–Crippen LogP) is 5.24. The normalized spacial score (nSPS) is 14.5. The molecule has 0 aromatic heterocycles. The van der Waals surface area contributed by atoms with Crippen molar-refractivity contribution in [2.45, 2.75) is 5.92 Å². The zero-order valence-corrected chi connectivity index (χ0v) is 18.5. The first-order valence-electron chi connectivity index (χ1n) is 9.94. The number of nitriles is 1. The Kier molecular flexibility index (Phi) is 6.72. The van der Waals surface area contributed by atoms with Crippen molar-refractivity contribution < 1.29 is 41.0 Å². The van der Waals surface area contributed by atoms with Crippen LogP contribution in [0.2, 0.25) is 5.02 Å². The molecule has 1 atom stereocenters. The molecule has 0 fully saturated rings. The monoisotopic (exact) mass is 522 g/mol. The Balaban J connectivity index is 1.56. The van der Waals surface area contributed by atoms with E-state index in [9.17, 15) is 32.0 Å². The Morgan fingerprint density at radius 1 is 1.00 bits per heavy atom. The van der Waals surface area contributed by atoms with Crippen molar-refractivity contribution >= 4 is 17.6 Å². The summed E-state index contributed by atoms with van der Waals surface area (Å²) in [5.74, 6) is -15.0. The molecule has 0 radical (unpaired) electrons. The van der Waals surface area contributed by atoms with Gasteiger partial charge in [0.1, 0.15) is 23.1 Å². The minimum absolute atomic E-state index is 0.108. The SMILES string of the molecule is N#CC1=C(N)Oc2cc(OC(=O)COc3c(F)c(F)c(F)c(F)c3F)ccc2C1c1ccccc1Cl. The molecule has 0 spiro atoms. The zero-order valence-electron chi connectivity index (χ0n) is 17.8. The number of allylic oxidation sites excluding steroid dienone is 1. The Labute approximate surface area is 204 Å². The largest absolute Gasteiger partial charge is 0.476 e. The van der Waals surface area contributed by atoms with Gasteiger partial charge in [-0.2, -0.15) is 14.0 Å². The number of hydrogen-bond donors (Lipinski definition) is 1. The number of fused-ring (bicyclic) bond motifs is 1.